The lowest BCUT2D eigenvalue weighted by atomic mass is 9.96. The molecule has 1 heterocycles. The van der Waals surface area contributed by atoms with Crippen molar-refractivity contribution < 1.29 is 15.0 Å². The lowest BCUT2D eigenvalue weighted by Gasteiger charge is -2.30. The fourth-order valence-corrected chi connectivity index (χ4v) is 3.29. The van der Waals surface area contributed by atoms with E-state index in [1.54, 1.807) is 0 Å². The highest BCUT2D eigenvalue weighted by Gasteiger charge is 2.24. The maximum Gasteiger partial charge on any atom is 0.306 e. The monoisotopic (exact) mass is 313 g/mol. The molecule has 1 aliphatic heterocycles. The molecule has 0 radical (unpaired) electrons. The first-order chi connectivity index (χ1) is 11.1. The number of aliphatic hydroxyl groups is 1. The van der Waals surface area contributed by atoms with Crippen molar-refractivity contribution >= 4 is 16.7 Å². The van der Waals surface area contributed by atoms with E-state index in [4.69, 9.17) is 5.11 Å². The normalized spacial score (nSPS) is 18.1. The van der Waals surface area contributed by atoms with Crippen molar-refractivity contribution in [1.29, 1.82) is 0 Å². The maximum atomic E-state index is 11.0. The molecule has 1 aliphatic rings. The molecule has 0 aliphatic carbocycles. The smallest absolute Gasteiger partial charge is 0.306 e. The fraction of sp³-hybridized carbons (Fsp3) is 0.421. The van der Waals surface area contributed by atoms with Crippen LogP contribution in [0.1, 0.15) is 30.9 Å². The van der Waals surface area contributed by atoms with Crippen molar-refractivity contribution in [3.63, 3.8) is 0 Å². The van der Waals surface area contributed by atoms with E-state index in [1.807, 2.05) is 24.3 Å². The van der Waals surface area contributed by atoms with Gasteiger partial charge in [0.1, 0.15) is 0 Å². The lowest BCUT2D eigenvalue weighted by molar-refractivity contribution is -0.143. The number of benzene rings is 2. The Balaban J connectivity index is 1.54. The molecule has 0 spiro atoms. The quantitative estimate of drug-likeness (QED) is 0.890. The van der Waals surface area contributed by atoms with Gasteiger partial charge in [0.2, 0.25) is 0 Å². The van der Waals surface area contributed by atoms with Gasteiger partial charge in [-0.05, 0) is 54.8 Å². The van der Waals surface area contributed by atoms with Crippen molar-refractivity contribution in [3.8, 4) is 0 Å². The third-order valence-electron chi connectivity index (χ3n) is 4.81. The van der Waals surface area contributed by atoms with Crippen LogP contribution >= 0.6 is 0 Å². The summed E-state index contributed by atoms with van der Waals surface area (Å²) in [6.45, 7) is 2.42. The molecule has 0 bridgehead atoms. The van der Waals surface area contributed by atoms with E-state index in [9.17, 15) is 9.90 Å². The number of hydrogen-bond donors (Lipinski definition) is 2. The summed E-state index contributed by atoms with van der Waals surface area (Å²) in [5.41, 5.74) is 0.948. The van der Waals surface area contributed by atoms with Crippen molar-refractivity contribution in [1.82, 2.24) is 4.90 Å². The summed E-state index contributed by atoms with van der Waals surface area (Å²) in [6.07, 6.45) is 1.62. The molecule has 122 valence electrons. The predicted octanol–water partition coefficient (Wildman–Crippen LogP) is 3.06. The van der Waals surface area contributed by atoms with Crippen LogP contribution in [0.2, 0.25) is 0 Å². The van der Waals surface area contributed by atoms with E-state index in [2.05, 4.69) is 23.1 Å². The third-order valence-corrected chi connectivity index (χ3v) is 4.81. The summed E-state index contributed by atoms with van der Waals surface area (Å²) in [5, 5.41) is 21.8. The van der Waals surface area contributed by atoms with E-state index >= 15 is 0 Å². The molecule has 1 fully saturated rings. The molecule has 0 aromatic heterocycles. The Kier molecular flexibility index (Phi) is 4.94. The molecule has 4 nitrogen and oxygen atoms in total. The lowest BCUT2D eigenvalue weighted by Crippen LogP contribution is -2.37. The van der Waals surface area contributed by atoms with E-state index in [0.717, 1.165) is 30.6 Å². The zero-order chi connectivity index (χ0) is 16.2. The summed E-state index contributed by atoms with van der Waals surface area (Å²) in [5.74, 6) is -0.877. The Hall–Kier alpha value is -1.91. The molecular formula is C19H23NO3. The van der Waals surface area contributed by atoms with Crippen LogP contribution in [0, 0.1) is 5.92 Å². The van der Waals surface area contributed by atoms with Crippen LogP contribution in [0.3, 0.4) is 0 Å². The molecule has 0 saturated carbocycles. The topological polar surface area (TPSA) is 60.8 Å². The maximum absolute atomic E-state index is 11.0. The molecule has 23 heavy (non-hydrogen) atoms. The van der Waals surface area contributed by atoms with Crippen LogP contribution in [0.15, 0.2) is 42.5 Å². The van der Waals surface area contributed by atoms with Gasteiger partial charge in [0.05, 0.1) is 12.0 Å². The number of aliphatic hydroxyl groups excluding tert-OH is 1. The number of nitrogens with zero attached hydrogens (tertiary/aromatic N) is 1. The second-order valence-electron chi connectivity index (χ2n) is 6.37. The largest absolute Gasteiger partial charge is 0.481 e. The zero-order valence-corrected chi connectivity index (χ0v) is 13.2. The standard InChI is InChI=1S/C19H23NO3/c21-18(9-12-20-10-7-15(8-11-20)19(22)23)17-6-5-14-3-1-2-4-16(14)13-17/h1-6,13,15,18,21H,7-12H2,(H,22,23). The van der Waals surface area contributed by atoms with Crippen molar-refractivity contribution in [2.75, 3.05) is 19.6 Å². The van der Waals surface area contributed by atoms with Gasteiger partial charge in [-0.1, -0.05) is 36.4 Å². The van der Waals surface area contributed by atoms with Crippen LogP contribution in [-0.4, -0.2) is 40.7 Å². The molecule has 4 heteroatoms. The number of carboxylic acid groups (broad SMARTS) is 1. The van der Waals surface area contributed by atoms with Crippen LogP contribution in [-0.2, 0) is 4.79 Å². The first kappa shape index (κ1) is 16.0. The summed E-state index contributed by atoms with van der Waals surface area (Å²) >= 11 is 0. The number of fused-ring (bicyclic) bond motifs is 1. The van der Waals surface area contributed by atoms with Crippen LogP contribution in [0.4, 0.5) is 0 Å². The van der Waals surface area contributed by atoms with Gasteiger partial charge >= 0.3 is 5.97 Å². The predicted molar refractivity (Wildman–Crippen MR) is 90.3 cm³/mol. The van der Waals surface area contributed by atoms with Crippen molar-refractivity contribution in [2.24, 2.45) is 5.92 Å². The Morgan fingerprint density at radius 3 is 2.52 bits per heavy atom. The second kappa shape index (κ2) is 7.11. The van der Waals surface area contributed by atoms with E-state index < -0.39 is 12.1 Å². The number of hydrogen-bond acceptors (Lipinski definition) is 3. The molecule has 3 rings (SSSR count). The Morgan fingerprint density at radius 2 is 1.83 bits per heavy atom. The van der Waals surface area contributed by atoms with Crippen LogP contribution < -0.4 is 0 Å². The molecule has 2 aromatic rings. The van der Waals surface area contributed by atoms with Gasteiger partial charge in [-0.3, -0.25) is 4.79 Å². The van der Waals surface area contributed by atoms with Crippen molar-refractivity contribution in [3.05, 3.63) is 48.0 Å². The number of rotatable bonds is 5. The Morgan fingerprint density at radius 1 is 1.13 bits per heavy atom. The van der Waals surface area contributed by atoms with Crippen molar-refractivity contribution in [2.45, 2.75) is 25.4 Å². The van der Waals surface area contributed by atoms with E-state index in [-0.39, 0.29) is 5.92 Å². The van der Waals surface area contributed by atoms with Gasteiger partial charge in [-0.15, -0.1) is 0 Å². The summed E-state index contributed by atoms with van der Waals surface area (Å²) in [7, 11) is 0. The molecule has 0 amide bonds. The fourth-order valence-electron chi connectivity index (χ4n) is 3.29. The third kappa shape index (κ3) is 3.89. The Bertz CT molecular complexity index is 677. The molecule has 2 N–H and O–H groups in total. The number of aliphatic carboxylic acids is 1. The minimum Gasteiger partial charge on any atom is -0.481 e. The van der Waals surface area contributed by atoms with Gasteiger partial charge in [-0.25, -0.2) is 0 Å². The average molecular weight is 313 g/mol. The average Bonchev–Trinajstić information content (AvgIpc) is 2.59. The minimum atomic E-state index is -0.680. The van der Waals surface area contributed by atoms with Gasteiger partial charge in [-0.2, -0.15) is 0 Å². The molecular weight excluding hydrogens is 290 g/mol. The second-order valence-corrected chi connectivity index (χ2v) is 6.37. The minimum absolute atomic E-state index is 0.198. The van der Waals surface area contributed by atoms with Crippen LogP contribution in [0.5, 0.6) is 0 Å². The highest BCUT2D eigenvalue weighted by atomic mass is 16.4. The molecule has 1 atom stereocenters. The highest BCUT2D eigenvalue weighted by Crippen LogP contribution is 2.24. The first-order valence-corrected chi connectivity index (χ1v) is 8.25. The molecule has 1 saturated heterocycles. The van der Waals surface area contributed by atoms with Crippen LogP contribution in [0.25, 0.3) is 10.8 Å². The summed E-state index contributed by atoms with van der Waals surface area (Å²) < 4.78 is 0. The zero-order valence-electron chi connectivity index (χ0n) is 13.2. The molecule has 1 unspecified atom stereocenters. The highest BCUT2D eigenvalue weighted by molar-refractivity contribution is 5.83. The van der Waals surface area contributed by atoms with Gasteiger partial charge in [0.25, 0.3) is 0 Å². The summed E-state index contributed by atoms with van der Waals surface area (Å²) in [6, 6.07) is 14.2. The number of piperidine rings is 1. The van der Waals surface area contributed by atoms with Gasteiger partial charge < -0.3 is 15.1 Å². The SMILES string of the molecule is O=C(O)C1CCN(CCC(O)c2ccc3ccccc3c2)CC1. The number of likely N-dealkylation sites (tertiary alicyclic amines) is 1. The van der Waals surface area contributed by atoms with Gasteiger partial charge in [0, 0.05) is 6.54 Å². The molecule has 2 aromatic carbocycles. The number of carbonyl (C=O) groups is 1. The van der Waals surface area contributed by atoms with E-state index in [1.165, 1.54) is 5.39 Å². The number of carboxylic acids is 1. The van der Waals surface area contributed by atoms with E-state index in [0.29, 0.717) is 19.3 Å². The van der Waals surface area contributed by atoms with Gasteiger partial charge in [0.15, 0.2) is 0 Å². The Labute approximate surface area is 136 Å². The first-order valence-electron chi connectivity index (χ1n) is 8.25. The summed E-state index contributed by atoms with van der Waals surface area (Å²) in [4.78, 5) is 13.2.